The van der Waals surface area contributed by atoms with Crippen LogP contribution in [0.5, 0.6) is 0 Å². The first-order valence-electron chi connectivity index (χ1n) is 8.15. The molecule has 0 amide bonds. The maximum Gasteiger partial charge on any atom is 0.191 e. The third kappa shape index (κ3) is 6.24. The summed E-state index contributed by atoms with van der Waals surface area (Å²) >= 11 is 0. The first kappa shape index (κ1) is 22.4. The Morgan fingerprint density at radius 2 is 1.88 bits per heavy atom. The van der Waals surface area contributed by atoms with Crippen LogP contribution in [-0.2, 0) is 12.0 Å². The average molecular weight is 479 g/mol. The summed E-state index contributed by atoms with van der Waals surface area (Å²) in [6.45, 7) is 4.49. The van der Waals surface area contributed by atoms with E-state index in [2.05, 4.69) is 15.6 Å². The summed E-state index contributed by atoms with van der Waals surface area (Å²) in [4.78, 5) is 4.31. The van der Waals surface area contributed by atoms with E-state index < -0.39 is 17.2 Å². The van der Waals surface area contributed by atoms with Crippen molar-refractivity contribution < 1.29 is 18.3 Å². The number of hydrogen-bond donors (Lipinski definition) is 3. The molecule has 1 aromatic carbocycles. The minimum absolute atomic E-state index is 0. The topological polar surface area (TPSA) is 69.8 Å². The normalized spacial score (nSPS) is 13.7. The van der Waals surface area contributed by atoms with Gasteiger partial charge in [0.1, 0.15) is 23.0 Å². The van der Waals surface area contributed by atoms with Crippen LogP contribution >= 0.6 is 24.0 Å². The quantitative estimate of drug-likeness (QED) is 0.324. The molecule has 1 atom stereocenters. The van der Waals surface area contributed by atoms with Gasteiger partial charge in [0.2, 0.25) is 0 Å². The average Bonchev–Trinajstić information content (AvgIpc) is 3.11. The first-order chi connectivity index (χ1) is 11.9. The molecule has 0 fully saturated rings. The van der Waals surface area contributed by atoms with Crippen molar-refractivity contribution in [2.75, 3.05) is 19.6 Å². The van der Waals surface area contributed by atoms with Gasteiger partial charge in [0.15, 0.2) is 5.96 Å². The Balaban J connectivity index is 0.00000338. The van der Waals surface area contributed by atoms with Gasteiger partial charge < -0.3 is 20.2 Å². The molecule has 0 saturated carbocycles. The van der Waals surface area contributed by atoms with E-state index in [1.165, 1.54) is 24.5 Å². The van der Waals surface area contributed by atoms with Gasteiger partial charge in [-0.3, -0.25) is 0 Å². The van der Waals surface area contributed by atoms with Gasteiger partial charge >= 0.3 is 0 Å². The van der Waals surface area contributed by atoms with Crippen LogP contribution in [0.15, 0.2) is 46.0 Å². The van der Waals surface area contributed by atoms with Crippen LogP contribution in [0.25, 0.3) is 0 Å². The van der Waals surface area contributed by atoms with Crippen molar-refractivity contribution in [3.63, 3.8) is 0 Å². The largest absolute Gasteiger partial charge is 0.466 e. The lowest BCUT2D eigenvalue weighted by Crippen LogP contribution is -2.39. The van der Waals surface area contributed by atoms with Crippen molar-refractivity contribution in [1.82, 2.24) is 10.6 Å². The maximum absolute atomic E-state index is 13.6. The minimum Gasteiger partial charge on any atom is -0.466 e. The Hall–Kier alpha value is -1.68. The summed E-state index contributed by atoms with van der Waals surface area (Å²) in [5, 5.41) is 16.4. The van der Waals surface area contributed by atoms with Gasteiger partial charge in [-0.05, 0) is 44.5 Å². The number of furan rings is 1. The predicted molar refractivity (Wildman–Crippen MR) is 108 cm³/mol. The van der Waals surface area contributed by atoms with Gasteiger partial charge in [-0.2, -0.15) is 0 Å². The van der Waals surface area contributed by atoms with Crippen molar-refractivity contribution in [2.24, 2.45) is 4.99 Å². The first-order valence-corrected chi connectivity index (χ1v) is 8.15. The summed E-state index contributed by atoms with van der Waals surface area (Å²) in [6.07, 6.45) is 1.66. The Morgan fingerprint density at radius 1 is 1.19 bits per heavy atom. The fraction of sp³-hybridized carbons (Fsp3) is 0.389. The van der Waals surface area contributed by atoms with Crippen molar-refractivity contribution in [3.05, 3.63) is 59.6 Å². The molecule has 3 N–H and O–H groups in total. The number of aliphatic hydroxyl groups is 1. The molecule has 8 heteroatoms. The molecule has 0 radical (unpaired) electrons. The zero-order chi connectivity index (χ0) is 18.3. The molecule has 1 aromatic heterocycles. The van der Waals surface area contributed by atoms with Gasteiger partial charge in [-0.1, -0.05) is 6.07 Å². The highest BCUT2D eigenvalue weighted by Gasteiger charge is 2.26. The lowest BCUT2D eigenvalue weighted by molar-refractivity contribution is 0.0437. The van der Waals surface area contributed by atoms with Crippen LogP contribution in [-0.4, -0.2) is 30.7 Å². The fourth-order valence-corrected chi connectivity index (χ4v) is 2.31. The monoisotopic (exact) mass is 479 g/mol. The molecule has 1 heterocycles. The second-order valence-corrected chi connectivity index (χ2v) is 5.82. The highest BCUT2D eigenvalue weighted by molar-refractivity contribution is 14.0. The summed E-state index contributed by atoms with van der Waals surface area (Å²) in [7, 11) is 0. The molecule has 0 spiro atoms. The van der Waals surface area contributed by atoms with Crippen LogP contribution in [0.4, 0.5) is 8.78 Å². The molecule has 2 aromatic rings. The molecule has 144 valence electrons. The Morgan fingerprint density at radius 3 is 2.46 bits per heavy atom. The molecule has 0 aliphatic heterocycles. The molecule has 0 aliphatic carbocycles. The Kier molecular flexibility index (Phi) is 9.00. The van der Waals surface area contributed by atoms with E-state index in [0.29, 0.717) is 24.8 Å². The van der Waals surface area contributed by atoms with Gasteiger partial charge in [-0.15, -0.1) is 24.0 Å². The molecule has 5 nitrogen and oxygen atoms in total. The maximum atomic E-state index is 13.6. The van der Waals surface area contributed by atoms with E-state index in [9.17, 15) is 13.9 Å². The zero-order valence-electron chi connectivity index (χ0n) is 14.8. The lowest BCUT2D eigenvalue weighted by atomic mass is 10.0. The number of halogens is 3. The number of guanidine groups is 1. The van der Waals surface area contributed by atoms with E-state index in [1.807, 2.05) is 6.92 Å². The van der Waals surface area contributed by atoms with Gasteiger partial charge in [0, 0.05) is 18.7 Å². The number of benzene rings is 1. The second-order valence-electron chi connectivity index (χ2n) is 5.82. The Bertz CT molecular complexity index is 686. The molecular formula is C18H24F2IN3O2. The lowest BCUT2D eigenvalue weighted by Gasteiger charge is -2.19. The summed E-state index contributed by atoms with van der Waals surface area (Å²) in [5.41, 5.74) is -1.21. The molecule has 0 saturated heterocycles. The van der Waals surface area contributed by atoms with Crippen LogP contribution in [0.2, 0.25) is 0 Å². The van der Waals surface area contributed by atoms with E-state index in [0.717, 1.165) is 0 Å². The number of nitrogens with one attached hydrogen (secondary N) is 2. The summed E-state index contributed by atoms with van der Waals surface area (Å²) in [6, 6.07) is 7.18. The van der Waals surface area contributed by atoms with E-state index in [-0.39, 0.29) is 42.5 Å². The predicted octanol–water partition coefficient (Wildman–Crippen LogP) is 3.18. The number of nitrogens with zero attached hydrogens (tertiary/aromatic N) is 1. The summed E-state index contributed by atoms with van der Waals surface area (Å²) in [5.74, 6) is -0.263. The SMILES string of the molecule is CCNC(=NCC(C)(O)c1ccco1)NCCc1c(F)cccc1F.I. The number of hydrogen-bond acceptors (Lipinski definition) is 3. The van der Waals surface area contributed by atoms with E-state index >= 15 is 0 Å². The standard InChI is InChI=1S/C18H23F2N3O2.HI/c1-3-21-17(23-12-18(2,24)16-8-5-11-25-16)22-10-9-13-14(19)6-4-7-15(13)20;/h4-8,11,24H,3,9-10,12H2,1-2H3,(H2,21,22,23);1H. The zero-order valence-corrected chi connectivity index (χ0v) is 17.1. The van der Waals surface area contributed by atoms with Crippen molar-refractivity contribution in [2.45, 2.75) is 25.9 Å². The number of rotatable bonds is 7. The van der Waals surface area contributed by atoms with Gasteiger partial charge in [-0.25, -0.2) is 13.8 Å². The molecule has 0 aliphatic rings. The molecule has 26 heavy (non-hydrogen) atoms. The third-order valence-electron chi connectivity index (χ3n) is 3.67. The summed E-state index contributed by atoms with van der Waals surface area (Å²) < 4.78 is 32.5. The molecule has 0 bridgehead atoms. The van der Waals surface area contributed by atoms with Crippen molar-refractivity contribution in [3.8, 4) is 0 Å². The third-order valence-corrected chi connectivity index (χ3v) is 3.67. The van der Waals surface area contributed by atoms with Gasteiger partial charge in [0.25, 0.3) is 0 Å². The van der Waals surface area contributed by atoms with E-state index in [1.54, 1.807) is 19.1 Å². The fourth-order valence-electron chi connectivity index (χ4n) is 2.31. The van der Waals surface area contributed by atoms with Crippen LogP contribution in [0, 0.1) is 11.6 Å². The Labute approximate surface area is 168 Å². The smallest absolute Gasteiger partial charge is 0.191 e. The van der Waals surface area contributed by atoms with Crippen LogP contribution in [0.1, 0.15) is 25.2 Å². The minimum atomic E-state index is -1.25. The van der Waals surface area contributed by atoms with Crippen LogP contribution in [0.3, 0.4) is 0 Å². The highest BCUT2D eigenvalue weighted by Crippen LogP contribution is 2.21. The van der Waals surface area contributed by atoms with Crippen LogP contribution < -0.4 is 10.6 Å². The molecular weight excluding hydrogens is 455 g/mol. The van der Waals surface area contributed by atoms with Crippen molar-refractivity contribution >= 4 is 29.9 Å². The molecule has 2 rings (SSSR count). The van der Waals surface area contributed by atoms with E-state index in [4.69, 9.17) is 4.42 Å². The van der Waals surface area contributed by atoms with Gasteiger partial charge in [0.05, 0.1) is 12.8 Å². The van der Waals surface area contributed by atoms with Crippen molar-refractivity contribution in [1.29, 1.82) is 0 Å². The number of aliphatic imine (C=N–C) groups is 1. The second kappa shape index (κ2) is 10.5. The highest BCUT2D eigenvalue weighted by atomic mass is 127. The molecule has 1 unspecified atom stereocenters.